The van der Waals surface area contributed by atoms with Crippen molar-refractivity contribution in [3.8, 4) is 0 Å². The first-order valence-electron chi connectivity index (χ1n) is 5.73. The van der Waals surface area contributed by atoms with Crippen molar-refractivity contribution in [2.45, 2.75) is 20.4 Å². The van der Waals surface area contributed by atoms with E-state index in [1.807, 2.05) is 19.1 Å². The monoisotopic (exact) mass is 222 g/mol. The lowest BCUT2D eigenvalue weighted by Crippen LogP contribution is -2.25. The number of likely N-dealkylation sites (N-methyl/N-ethyl adjacent to an activating group) is 2. The summed E-state index contributed by atoms with van der Waals surface area (Å²) in [5.74, 6) is 1.98. The van der Waals surface area contributed by atoms with Gasteiger partial charge in [-0.15, -0.1) is 0 Å². The van der Waals surface area contributed by atoms with Crippen LogP contribution in [0.2, 0.25) is 0 Å². The molecule has 0 saturated heterocycles. The first kappa shape index (κ1) is 13.0. The minimum absolute atomic E-state index is 0.832. The minimum Gasteiger partial charge on any atom is -0.465 e. The van der Waals surface area contributed by atoms with Gasteiger partial charge in [0.15, 0.2) is 0 Å². The molecule has 0 spiro atoms. The average Bonchev–Trinajstić information content (AvgIpc) is 2.60. The Balaban J connectivity index is 2.30. The van der Waals surface area contributed by atoms with Crippen molar-refractivity contribution in [3.05, 3.63) is 35.8 Å². The minimum atomic E-state index is 0.832. The molecule has 90 valence electrons. The van der Waals surface area contributed by atoms with Gasteiger partial charge in [0, 0.05) is 13.1 Å². The fraction of sp³-hybridized carbons (Fsp3) is 0.538. The SMILES string of the molecule is C=C(CNCC)CN(C)Cc1ccc(C)o1. The van der Waals surface area contributed by atoms with Crippen LogP contribution in [0.3, 0.4) is 0 Å². The first-order chi connectivity index (χ1) is 7.61. The highest BCUT2D eigenvalue weighted by atomic mass is 16.3. The van der Waals surface area contributed by atoms with Gasteiger partial charge in [0.2, 0.25) is 0 Å². The van der Waals surface area contributed by atoms with Gasteiger partial charge in [-0.3, -0.25) is 4.90 Å². The van der Waals surface area contributed by atoms with Crippen LogP contribution in [0.15, 0.2) is 28.7 Å². The Morgan fingerprint density at radius 1 is 1.50 bits per heavy atom. The smallest absolute Gasteiger partial charge is 0.118 e. The van der Waals surface area contributed by atoms with E-state index in [-0.39, 0.29) is 0 Å². The molecule has 3 heteroatoms. The zero-order chi connectivity index (χ0) is 12.0. The van der Waals surface area contributed by atoms with Crippen LogP contribution in [0.5, 0.6) is 0 Å². The average molecular weight is 222 g/mol. The second-order valence-corrected chi connectivity index (χ2v) is 4.21. The zero-order valence-electron chi connectivity index (χ0n) is 10.5. The molecule has 1 aromatic rings. The number of hydrogen-bond acceptors (Lipinski definition) is 3. The Morgan fingerprint density at radius 3 is 2.81 bits per heavy atom. The lowest BCUT2D eigenvalue weighted by molar-refractivity contribution is 0.311. The third-order valence-corrected chi connectivity index (χ3v) is 2.34. The number of nitrogens with one attached hydrogen (secondary N) is 1. The number of rotatable bonds is 7. The van der Waals surface area contributed by atoms with E-state index in [0.717, 1.165) is 37.7 Å². The van der Waals surface area contributed by atoms with Crippen molar-refractivity contribution >= 4 is 0 Å². The Morgan fingerprint density at radius 2 is 2.25 bits per heavy atom. The van der Waals surface area contributed by atoms with E-state index in [0.29, 0.717) is 0 Å². The third kappa shape index (κ3) is 4.64. The molecular formula is C13H22N2O. The zero-order valence-corrected chi connectivity index (χ0v) is 10.5. The van der Waals surface area contributed by atoms with E-state index >= 15 is 0 Å². The predicted molar refractivity (Wildman–Crippen MR) is 67.5 cm³/mol. The molecule has 1 aromatic heterocycles. The molecule has 0 fully saturated rings. The van der Waals surface area contributed by atoms with Gasteiger partial charge in [0.05, 0.1) is 6.54 Å². The Kier molecular flexibility index (Phi) is 5.29. The first-order valence-corrected chi connectivity index (χ1v) is 5.73. The highest BCUT2D eigenvalue weighted by Crippen LogP contribution is 2.09. The maximum atomic E-state index is 5.53. The second kappa shape index (κ2) is 6.51. The van der Waals surface area contributed by atoms with Gasteiger partial charge in [-0.25, -0.2) is 0 Å². The van der Waals surface area contributed by atoms with E-state index < -0.39 is 0 Å². The molecule has 3 nitrogen and oxygen atoms in total. The van der Waals surface area contributed by atoms with Crippen LogP contribution in [0, 0.1) is 6.92 Å². The van der Waals surface area contributed by atoms with Crippen LogP contribution in [0.1, 0.15) is 18.4 Å². The van der Waals surface area contributed by atoms with Gasteiger partial charge >= 0.3 is 0 Å². The van der Waals surface area contributed by atoms with E-state index in [1.165, 1.54) is 5.57 Å². The van der Waals surface area contributed by atoms with Crippen molar-refractivity contribution in [1.82, 2.24) is 10.2 Å². The fourth-order valence-electron chi connectivity index (χ4n) is 1.63. The molecule has 0 aliphatic rings. The standard InChI is InChI=1S/C13H22N2O/c1-5-14-8-11(2)9-15(4)10-13-7-6-12(3)16-13/h6-7,14H,2,5,8-10H2,1,3-4H3. The molecule has 0 radical (unpaired) electrons. The van der Waals surface area contributed by atoms with Gasteiger partial charge in [0.25, 0.3) is 0 Å². The number of aryl methyl sites for hydroxylation is 1. The molecule has 16 heavy (non-hydrogen) atoms. The maximum Gasteiger partial charge on any atom is 0.118 e. The molecule has 0 bridgehead atoms. The molecule has 0 saturated carbocycles. The summed E-state index contributed by atoms with van der Waals surface area (Å²) in [7, 11) is 2.08. The molecule has 1 heterocycles. The third-order valence-electron chi connectivity index (χ3n) is 2.34. The Hall–Kier alpha value is -1.06. The second-order valence-electron chi connectivity index (χ2n) is 4.21. The van der Waals surface area contributed by atoms with E-state index in [1.54, 1.807) is 0 Å². The van der Waals surface area contributed by atoms with Crippen molar-refractivity contribution in [1.29, 1.82) is 0 Å². The lowest BCUT2D eigenvalue weighted by Gasteiger charge is -2.16. The summed E-state index contributed by atoms with van der Waals surface area (Å²) >= 11 is 0. The summed E-state index contributed by atoms with van der Waals surface area (Å²) in [5, 5.41) is 3.27. The quantitative estimate of drug-likeness (QED) is 0.717. The van der Waals surface area contributed by atoms with E-state index in [9.17, 15) is 0 Å². The van der Waals surface area contributed by atoms with Crippen LogP contribution in [0.25, 0.3) is 0 Å². The lowest BCUT2D eigenvalue weighted by atomic mass is 10.2. The van der Waals surface area contributed by atoms with Crippen LogP contribution in [-0.4, -0.2) is 31.6 Å². The Labute approximate surface area is 98.1 Å². The number of nitrogens with zero attached hydrogens (tertiary/aromatic N) is 1. The van der Waals surface area contributed by atoms with Crippen LogP contribution in [-0.2, 0) is 6.54 Å². The highest BCUT2D eigenvalue weighted by molar-refractivity contribution is 5.06. The van der Waals surface area contributed by atoms with Crippen molar-refractivity contribution in [2.24, 2.45) is 0 Å². The summed E-state index contributed by atoms with van der Waals surface area (Å²) in [6.07, 6.45) is 0. The van der Waals surface area contributed by atoms with Crippen molar-refractivity contribution < 1.29 is 4.42 Å². The van der Waals surface area contributed by atoms with E-state index in [4.69, 9.17) is 4.42 Å². The van der Waals surface area contributed by atoms with Gasteiger partial charge in [-0.2, -0.15) is 0 Å². The van der Waals surface area contributed by atoms with Crippen LogP contribution < -0.4 is 5.32 Å². The molecule has 0 unspecified atom stereocenters. The van der Waals surface area contributed by atoms with Crippen molar-refractivity contribution in [3.63, 3.8) is 0 Å². The maximum absolute atomic E-state index is 5.53. The molecule has 0 aliphatic carbocycles. The largest absolute Gasteiger partial charge is 0.465 e. The van der Waals surface area contributed by atoms with Gasteiger partial charge in [-0.05, 0) is 38.2 Å². The Bertz CT molecular complexity index is 330. The summed E-state index contributed by atoms with van der Waals surface area (Å²) in [5.41, 5.74) is 1.20. The number of furan rings is 1. The van der Waals surface area contributed by atoms with Gasteiger partial charge in [0.1, 0.15) is 11.5 Å². The highest BCUT2D eigenvalue weighted by Gasteiger charge is 2.05. The molecule has 0 aromatic carbocycles. The summed E-state index contributed by atoms with van der Waals surface area (Å²) in [6, 6.07) is 4.02. The van der Waals surface area contributed by atoms with Crippen LogP contribution >= 0.6 is 0 Å². The molecular weight excluding hydrogens is 200 g/mol. The summed E-state index contributed by atoms with van der Waals surface area (Å²) < 4.78 is 5.53. The van der Waals surface area contributed by atoms with Gasteiger partial charge < -0.3 is 9.73 Å². The summed E-state index contributed by atoms with van der Waals surface area (Å²) in [4.78, 5) is 2.21. The number of hydrogen-bond donors (Lipinski definition) is 1. The summed E-state index contributed by atoms with van der Waals surface area (Å²) in [6.45, 7) is 11.7. The van der Waals surface area contributed by atoms with E-state index in [2.05, 4.69) is 30.8 Å². The molecule has 0 amide bonds. The van der Waals surface area contributed by atoms with Crippen molar-refractivity contribution in [2.75, 3.05) is 26.7 Å². The normalized spacial score (nSPS) is 11.0. The molecule has 1 N–H and O–H groups in total. The predicted octanol–water partition coefficient (Wildman–Crippen LogP) is 2.19. The van der Waals surface area contributed by atoms with Crippen LogP contribution in [0.4, 0.5) is 0 Å². The van der Waals surface area contributed by atoms with Gasteiger partial charge in [-0.1, -0.05) is 13.5 Å². The molecule has 0 atom stereocenters. The topological polar surface area (TPSA) is 28.4 Å². The molecule has 1 rings (SSSR count). The fourth-order valence-corrected chi connectivity index (χ4v) is 1.63. The molecule has 0 aliphatic heterocycles.